The molecule has 1 aliphatic heterocycles. The highest BCUT2D eigenvalue weighted by Crippen LogP contribution is 2.24. The first-order valence-corrected chi connectivity index (χ1v) is 7.78. The van der Waals surface area contributed by atoms with Crippen molar-refractivity contribution < 1.29 is 4.74 Å². The van der Waals surface area contributed by atoms with Gasteiger partial charge in [0.05, 0.1) is 25.0 Å². The normalized spacial score (nSPS) is 17.8. The Morgan fingerprint density at radius 1 is 1.43 bits per heavy atom. The lowest BCUT2D eigenvalue weighted by atomic mass is 10.2. The van der Waals surface area contributed by atoms with Crippen molar-refractivity contribution in [2.45, 2.75) is 19.0 Å². The van der Waals surface area contributed by atoms with Crippen molar-refractivity contribution in [3.8, 4) is 11.3 Å². The van der Waals surface area contributed by atoms with E-state index in [-0.39, 0.29) is 5.95 Å². The summed E-state index contributed by atoms with van der Waals surface area (Å²) >= 11 is 0. The summed E-state index contributed by atoms with van der Waals surface area (Å²) in [7, 11) is 3.67. The Hall–Kier alpha value is -2.19. The van der Waals surface area contributed by atoms with Gasteiger partial charge in [0.2, 0.25) is 5.95 Å². The molecular weight excluding hydrogens is 294 g/mol. The van der Waals surface area contributed by atoms with E-state index in [2.05, 4.69) is 25.3 Å². The van der Waals surface area contributed by atoms with E-state index < -0.39 is 0 Å². The second kappa shape index (κ2) is 6.93. The molecule has 0 spiro atoms. The summed E-state index contributed by atoms with van der Waals surface area (Å²) in [6.07, 6.45) is 4.84. The Bertz CT molecular complexity index is 657. The summed E-state index contributed by atoms with van der Waals surface area (Å²) in [5.41, 5.74) is 7.63. The molecule has 124 valence electrons. The number of ether oxygens (including phenoxy) is 1. The fourth-order valence-corrected chi connectivity index (χ4v) is 2.77. The molecule has 23 heavy (non-hydrogen) atoms. The molecule has 8 nitrogen and oxygen atoms in total. The van der Waals surface area contributed by atoms with Crippen LogP contribution >= 0.6 is 0 Å². The monoisotopic (exact) mass is 317 g/mol. The summed E-state index contributed by atoms with van der Waals surface area (Å²) in [6, 6.07) is 2.47. The first-order chi connectivity index (χ1) is 11.2. The number of methoxy groups -OCH3 is 1. The van der Waals surface area contributed by atoms with Crippen LogP contribution in [0.25, 0.3) is 11.3 Å². The van der Waals surface area contributed by atoms with Gasteiger partial charge in [-0.15, -0.1) is 0 Å². The fraction of sp³-hybridized carbons (Fsp3) is 0.533. The fourth-order valence-electron chi connectivity index (χ4n) is 2.77. The van der Waals surface area contributed by atoms with Crippen molar-refractivity contribution in [2.24, 2.45) is 0 Å². The van der Waals surface area contributed by atoms with Gasteiger partial charge in [-0.25, -0.2) is 4.98 Å². The zero-order valence-corrected chi connectivity index (χ0v) is 13.6. The molecule has 2 aromatic heterocycles. The van der Waals surface area contributed by atoms with E-state index in [0.29, 0.717) is 19.2 Å². The molecule has 0 aromatic carbocycles. The lowest BCUT2D eigenvalue weighted by molar-refractivity contribution is 0.183. The van der Waals surface area contributed by atoms with E-state index in [4.69, 9.17) is 10.5 Å². The van der Waals surface area contributed by atoms with Gasteiger partial charge in [0, 0.05) is 44.1 Å². The molecule has 8 heteroatoms. The maximum absolute atomic E-state index is 5.91. The maximum atomic E-state index is 5.91. The number of likely N-dealkylation sites (N-methyl/N-ethyl adjacent to an activating group) is 1. The third-order valence-corrected chi connectivity index (χ3v) is 4.10. The zero-order chi connectivity index (χ0) is 16.2. The average molecular weight is 317 g/mol. The highest BCUT2D eigenvalue weighted by molar-refractivity contribution is 5.63. The molecule has 3 heterocycles. The van der Waals surface area contributed by atoms with Crippen molar-refractivity contribution in [2.75, 3.05) is 44.5 Å². The Balaban J connectivity index is 1.81. The van der Waals surface area contributed by atoms with Gasteiger partial charge in [0.1, 0.15) is 5.82 Å². The minimum Gasteiger partial charge on any atom is -0.383 e. The summed E-state index contributed by atoms with van der Waals surface area (Å²) in [5, 5.41) is 7.63. The van der Waals surface area contributed by atoms with Crippen LogP contribution in [0.15, 0.2) is 18.5 Å². The molecule has 2 aromatic rings. The Labute approximate surface area is 135 Å². The van der Waals surface area contributed by atoms with Crippen molar-refractivity contribution in [1.29, 1.82) is 0 Å². The number of anilines is 2. The topological polar surface area (TPSA) is 94.1 Å². The van der Waals surface area contributed by atoms with Crippen molar-refractivity contribution >= 4 is 11.8 Å². The summed E-state index contributed by atoms with van der Waals surface area (Å²) < 4.78 is 6.91. The van der Waals surface area contributed by atoms with Crippen LogP contribution < -0.4 is 16.0 Å². The van der Waals surface area contributed by atoms with Crippen LogP contribution in [0.5, 0.6) is 0 Å². The standard InChI is InChI=1S/C15H23N7O/c1-17-12-3-4-21(10-12)14-7-13(19-15(16)20-14)11-8-18-22(9-11)5-6-23-2/h7-9,12,17H,3-6,10H2,1-2H3,(H2,16,19,20)/t12-/m1/s1. The average Bonchev–Trinajstić information content (AvgIpc) is 3.21. The molecule has 0 saturated carbocycles. The lowest BCUT2D eigenvalue weighted by Gasteiger charge is -2.18. The number of hydrogen-bond acceptors (Lipinski definition) is 7. The van der Waals surface area contributed by atoms with Gasteiger partial charge < -0.3 is 20.7 Å². The Morgan fingerprint density at radius 3 is 3.04 bits per heavy atom. The summed E-state index contributed by atoms with van der Waals surface area (Å²) in [6.45, 7) is 3.23. The molecule has 3 rings (SSSR count). The molecule has 1 aliphatic rings. The molecule has 3 N–H and O–H groups in total. The molecule has 1 fully saturated rings. The number of nitrogens with two attached hydrogens (primary N) is 1. The van der Waals surface area contributed by atoms with Gasteiger partial charge in [-0.05, 0) is 13.5 Å². The Morgan fingerprint density at radius 2 is 2.30 bits per heavy atom. The van der Waals surface area contributed by atoms with Crippen molar-refractivity contribution in [3.05, 3.63) is 18.5 Å². The minimum absolute atomic E-state index is 0.287. The summed E-state index contributed by atoms with van der Waals surface area (Å²) in [4.78, 5) is 11.0. The van der Waals surface area contributed by atoms with E-state index in [1.54, 1.807) is 13.3 Å². The predicted octanol–water partition coefficient (Wildman–Crippen LogP) is 0.367. The van der Waals surface area contributed by atoms with Crippen LogP contribution in [0.4, 0.5) is 11.8 Å². The van der Waals surface area contributed by atoms with Crippen LogP contribution in [0, 0.1) is 0 Å². The first kappa shape index (κ1) is 15.7. The largest absolute Gasteiger partial charge is 0.383 e. The van der Waals surface area contributed by atoms with Gasteiger partial charge >= 0.3 is 0 Å². The van der Waals surface area contributed by atoms with E-state index in [1.807, 2.05) is 24.0 Å². The number of aromatic nitrogens is 4. The van der Waals surface area contributed by atoms with Crippen LogP contribution in [0.2, 0.25) is 0 Å². The van der Waals surface area contributed by atoms with Crippen LogP contribution in [-0.4, -0.2) is 59.6 Å². The molecule has 1 saturated heterocycles. The van der Waals surface area contributed by atoms with E-state index >= 15 is 0 Å². The molecule has 1 atom stereocenters. The van der Waals surface area contributed by atoms with Crippen molar-refractivity contribution in [1.82, 2.24) is 25.1 Å². The van der Waals surface area contributed by atoms with E-state index in [9.17, 15) is 0 Å². The van der Waals surface area contributed by atoms with Gasteiger partial charge in [-0.3, -0.25) is 4.68 Å². The number of hydrogen-bond donors (Lipinski definition) is 2. The molecule has 0 amide bonds. The second-order valence-corrected chi connectivity index (χ2v) is 5.67. The van der Waals surface area contributed by atoms with Gasteiger partial charge in [-0.2, -0.15) is 10.1 Å². The van der Waals surface area contributed by atoms with E-state index in [1.165, 1.54) is 0 Å². The smallest absolute Gasteiger partial charge is 0.222 e. The molecule has 0 bridgehead atoms. The third-order valence-electron chi connectivity index (χ3n) is 4.10. The SMILES string of the molecule is CN[C@@H]1CCN(c2cc(-c3cnn(CCOC)c3)nc(N)n2)C1. The van der Waals surface area contributed by atoms with Crippen molar-refractivity contribution in [3.63, 3.8) is 0 Å². The lowest BCUT2D eigenvalue weighted by Crippen LogP contribution is -2.30. The third kappa shape index (κ3) is 3.59. The second-order valence-electron chi connectivity index (χ2n) is 5.67. The number of rotatable bonds is 6. The minimum atomic E-state index is 0.287. The highest BCUT2D eigenvalue weighted by atomic mass is 16.5. The highest BCUT2D eigenvalue weighted by Gasteiger charge is 2.23. The Kier molecular flexibility index (Phi) is 4.73. The zero-order valence-electron chi connectivity index (χ0n) is 13.6. The molecule has 0 aliphatic carbocycles. The van der Waals surface area contributed by atoms with Gasteiger partial charge in [0.15, 0.2) is 0 Å². The molecule has 0 unspecified atom stereocenters. The predicted molar refractivity (Wildman–Crippen MR) is 89.2 cm³/mol. The number of nitrogen functional groups attached to an aromatic ring is 1. The number of nitrogens with zero attached hydrogens (tertiary/aromatic N) is 5. The van der Waals surface area contributed by atoms with Crippen LogP contribution in [0.3, 0.4) is 0 Å². The van der Waals surface area contributed by atoms with Crippen LogP contribution in [-0.2, 0) is 11.3 Å². The van der Waals surface area contributed by atoms with Crippen LogP contribution in [0.1, 0.15) is 6.42 Å². The molecule has 0 radical (unpaired) electrons. The maximum Gasteiger partial charge on any atom is 0.222 e. The number of nitrogens with one attached hydrogen (secondary N) is 1. The summed E-state index contributed by atoms with van der Waals surface area (Å²) in [5.74, 6) is 1.16. The molecular formula is C15H23N7O. The quantitative estimate of drug-likeness (QED) is 0.794. The van der Waals surface area contributed by atoms with E-state index in [0.717, 1.165) is 36.6 Å². The first-order valence-electron chi connectivity index (χ1n) is 7.78. The van der Waals surface area contributed by atoms with Gasteiger partial charge in [0.25, 0.3) is 0 Å². The van der Waals surface area contributed by atoms with Gasteiger partial charge in [-0.1, -0.05) is 0 Å².